The highest BCUT2D eigenvalue weighted by molar-refractivity contribution is 8.45. The molecule has 0 aliphatic carbocycles. The molecule has 11 heteroatoms. The van der Waals surface area contributed by atoms with Gasteiger partial charge in [-0.25, -0.2) is 0 Å². The lowest BCUT2D eigenvalue weighted by molar-refractivity contribution is 0.557. The Bertz CT molecular complexity index is 1470. The van der Waals surface area contributed by atoms with Crippen LogP contribution in [0, 0.1) is 0 Å². The molecule has 0 bridgehead atoms. The lowest BCUT2D eigenvalue weighted by atomic mass is 10.1. The quantitative estimate of drug-likeness (QED) is 0.138. The minimum atomic E-state index is 1.23. The summed E-state index contributed by atoms with van der Waals surface area (Å²) in [6, 6.07) is 9.32. The molecule has 0 saturated heterocycles. The first kappa shape index (κ1) is 34.0. The molecule has 6 heterocycles. The molecule has 0 N–H and O–H groups in total. The highest BCUT2D eigenvalue weighted by atomic mass is 32.3. The van der Waals surface area contributed by atoms with Gasteiger partial charge in [0, 0.05) is 24.4 Å². The SMILES string of the molecule is CCCCCCCCCCCCc1ccc(-c2sc(-c3cccs3)c3c2SC2=C(SC(=C4SC(SC)=C(SC)S4)S2)S3)s1. The fourth-order valence-electron chi connectivity index (χ4n) is 5.01. The fourth-order valence-corrected chi connectivity index (χ4v) is 20.1. The van der Waals surface area contributed by atoms with E-state index in [0.29, 0.717) is 0 Å². The Morgan fingerprint density at radius 1 is 0.558 bits per heavy atom. The van der Waals surface area contributed by atoms with Crippen molar-refractivity contribution in [1.82, 2.24) is 0 Å². The van der Waals surface area contributed by atoms with Gasteiger partial charge in [-0.1, -0.05) is 141 Å². The first-order valence-corrected chi connectivity index (χ1v) is 24.7. The van der Waals surface area contributed by atoms with Crippen LogP contribution in [0.1, 0.15) is 76.0 Å². The summed E-state index contributed by atoms with van der Waals surface area (Å²) in [6.07, 6.45) is 19.6. The molecule has 3 aliphatic heterocycles. The minimum Gasteiger partial charge on any atom is -0.143 e. The summed E-state index contributed by atoms with van der Waals surface area (Å²) in [4.78, 5) is 10.3. The average Bonchev–Trinajstić information content (AvgIpc) is 3.85. The summed E-state index contributed by atoms with van der Waals surface area (Å²) >= 11 is 21.7. The van der Waals surface area contributed by atoms with Crippen molar-refractivity contribution in [1.29, 1.82) is 0 Å². The molecule has 0 saturated carbocycles. The molecule has 0 aromatic carbocycles. The number of thioether (sulfide) groups is 8. The first-order valence-electron chi connectivity index (χ1n) is 14.9. The maximum absolute atomic E-state index is 2.41. The van der Waals surface area contributed by atoms with Crippen LogP contribution >= 0.6 is 128 Å². The molecule has 230 valence electrons. The molecule has 0 atom stereocenters. The molecule has 0 nitrogen and oxygen atoms in total. The van der Waals surface area contributed by atoms with Gasteiger partial charge >= 0.3 is 0 Å². The molecule has 0 unspecified atom stereocenters. The molecule has 6 rings (SSSR count). The molecule has 43 heavy (non-hydrogen) atoms. The Hall–Kier alpha value is 1.12. The Kier molecular flexibility index (Phi) is 13.4. The number of fused-ring (bicyclic) bond motifs is 1. The van der Waals surface area contributed by atoms with Crippen molar-refractivity contribution in [3.05, 3.63) is 59.9 Å². The third kappa shape index (κ3) is 8.41. The van der Waals surface area contributed by atoms with E-state index in [1.54, 1.807) is 4.88 Å². The Morgan fingerprint density at radius 3 is 1.70 bits per heavy atom. The zero-order valence-corrected chi connectivity index (χ0v) is 33.6. The van der Waals surface area contributed by atoms with E-state index in [1.807, 2.05) is 128 Å². The van der Waals surface area contributed by atoms with Gasteiger partial charge in [0.1, 0.15) is 0 Å². The second kappa shape index (κ2) is 17.0. The number of hydrogen-bond acceptors (Lipinski definition) is 11. The number of hydrogen-bond donors (Lipinski definition) is 0. The van der Waals surface area contributed by atoms with Gasteiger partial charge in [-0.2, -0.15) is 0 Å². The van der Waals surface area contributed by atoms with Crippen LogP contribution in [-0.2, 0) is 6.42 Å². The molecule has 0 fully saturated rings. The van der Waals surface area contributed by atoms with E-state index in [-0.39, 0.29) is 0 Å². The monoisotopic (exact) mass is 772 g/mol. The summed E-state index contributed by atoms with van der Waals surface area (Å²) in [5.41, 5.74) is 0. The van der Waals surface area contributed by atoms with E-state index in [2.05, 4.69) is 49.1 Å². The summed E-state index contributed by atoms with van der Waals surface area (Å²) in [6.45, 7) is 2.30. The number of unbranched alkanes of at least 4 members (excludes halogenated alkanes) is 9. The molecule has 3 aromatic heterocycles. The van der Waals surface area contributed by atoms with Crippen LogP contribution in [0.25, 0.3) is 19.5 Å². The molecule has 0 spiro atoms. The van der Waals surface area contributed by atoms with Crippen LogP contribution in [-0.4, -0.2) is 12.5 Å². The van der Waals surface area contributed by atoms with Crippen molar-refractivity contribution < 1.29 is 0 Å². The largest absolute Gasteiger partial charge is 0.143 e. The number of aryl methyl sites for hydroxylation is 1. The lowest BCUT2D eigenvalue weighted by Crippen LogP contribution is -1.84. The van der Waals surface area contributed by atoms with Crippen LogP contribution in [0.4, 0.5) is 0 Å². The number of rotatable bonds is 15. The van der Waals surface area contributed by atoms with Gasteiger partial charge in [0.15, 0.2) is 0 Å². The van der Waals surface area contributed by atoms with Crippen molar-refractivity contribution in [2.75, 3.05) is 12.5 Å². The fraction of sp³-hybridized carbons (Fsp3) is 0.438. The van der Waals surface area contributed by atoms with Gasteiger partial charge in [0.05, 0.1) is 35.2 Å². The van der Waals surface area contributed by atoms with E-state index in [0.717, 1.165) is 0 Å². The molecule has 3 aliphatic rings. The highest BCUT2D eigenvalue weighted by Gasteiger charge is 2.36. The minimum absolute atomic E-state index is 1.23. The summed E-state index contributed by atoms with van der Waals surface area (Å²) in [5, 5.41) is 2.22. The smallest absolute Gasteiger partial charge is 0.0718 e. The van der Waals surface area contributed by atoms with E-state index in [9.17, 15) is 0 Å². The third-order valence-electron chi connectivity index (χ3n) is 7.23. The zero-order chi connectivity index (χ0) is 29.6. The van der Waals surface area contributed by atoms with E-state index in [1.165, 1.54) is 125 Å². The Balaban J connectivity index is 1.11. The lowest BCUT2D eigenvalue weighted by Gasteiger charge is -2.14. The molecule has 3 aromatic rings. The summed E-state index contributed by atoms with van der Waals surface area (Å²) < 4.78 is 8.81. The second-order valence-electron chi connectivity index (χ2n) is 10.3. The normalized spacial score (nSPS) is 16.6. The van der Waals surface area contributed by atoms with Crippen molar-refractivity contribution >= 4 is 128 Å². The van der Waals surface area contributed by atoms with Crippen molar-refractivity contribution in [2.24, 2.45) is 0 Å². The van der Waals surface area contributed by atoms with E-state index in [4.69, 9.17) is 0 Å². The van der Waals surface area contributed by atoms with Crippen LogP contribution in [0.5, 0.6) is 0 Å². The highest BCUT2D eigenvalue weighted by Crippen LogP contribution is 2.71. The second-order valence-corrected chi connectivity index (χ2v) is 22.8. The molecular weight excluding hydrogens is 737 g/mol. The van der Waals surface area contributed by atoms with Crippen LogP contribution < -0.4 is 0 Å². The van der Waals surface area contributed by atoms with Gasteiger partial charge in [0.2, 0.25) is 0 Å². The summed E-state index contributed by atoms with van der Waals surface area (Å²) in [7, 11) is 0. The predicted octanol–water partition coefficient (Wildman–Crippen LogP) is 15.9. The number of thiophene rings is 3. The van der Waals surface area contributed by atoms with Crippen LogP contribution in [0.15, 0.2) is 64.9 Å². The van der Waals surface area contributed by atoms with Gasteiger partial charge in [-0.15, -0.1) is 57.5 Å². The Morgan fingerprint density at radius 2 is 1.12 bits per heavy atom. The maximum atomic E-state index is 2.41. The Labute approximate surface area is 304 Å². The van der Waals surface area contributed by atoms with E-state index >= 15 is 0 Å². The van der Waals surface area contributed by atoms with Gasteiger partial charge in [-0.3, -0.25) is 0 Å². The molecule has 0 amide bonds. The van der Waals surface area contributed by atoms with Crippen molar-refractivity contribution in [3.63, 3.8) is 0 Å². The maximum Gasteiger partial charge on any atom is 0.0718 e. The van der Waals surface area contributed by atoms with Gasteiger partial charge < -0.3 is 0 Å². The topological polar surface area (TPSA) is 0 Å². The van der Waals surface area contributed by atoms with Crippen LogP contribution in [0.2, 0.25) is 0 Å². The summed E-state index contributed by atoms with van der Waals surface area (Å²) in [5.74, 6) is 0. The van der Waals surface area contributed by atoms with Gasteiger partial charge in [0.25, 0.3) is 0 Å². The van der Waals surface area contributed by atoms with E-state index < -0.39 is 0 Å². The predicted molar refractivity (Wildman–Crippen MR) is 217 cm³/mol. The average molecular weight is 773 g/mol. The van der Waals surface area contributed by atoms with Crippen molar-refractivity contribution in [3.8, 4) is 19.5 Å². The van der Waals surface area contributed by atoms with Crippen LogP contribution in [0.3, 0.4) is 0 Å². The van der Waals surface area contributed by atoms with Gasteiger partial charge in [-0.05, 0) is 48.9 Å². The molecular formula is C32H36S11. The standard InChI is InChI=1S/C32H36S11/c1-4-5-6-7-8-9-10-11-12-13-15-20-17-18-22(36-20)24-26-25(23(37-24)21-16-14-19-35-21)38-29-30(39-26)43-32(42-29)31-40-27(33-2)28(34-3)41-31/h14,16-19H,4-13,15H2,1-3H3. The third-order valence-corrected chi connectivity index (χ3v) is 22.5. The zero-order valence-electron chi connectivity index (χ0n) is 24.7. The van der Waals surface area contributed by atoms with Crippen molar-refractivity contribution in [2.45, 2.75) is 87.3 Å². The molecule has 0 radical (unpaired) electrons. The first-order chi connectivity index (χ1) is 21.2.